The Balaban J connectivity index is 1.71. The standard InChI is InChI=1S/C22H26ClO4PS/c1-25-15-7-5-13(6-8-15)10-14-11-17(18-12-19(24)28-22(27-18)29-2)21-16(20(14)23)4-3-9-26-21/h5-8,11,18-19,22,24,28H,3-4,9-10,12H2,1-2H3/t18-,19+,22+/m1/s1. The van der Waals surface area contributed by atoms with Crippen molar-refractivity contribution in [1.29, 1.82) is 0 Å². The first-order valence-electron chi connectivity index (χ1n) is 9.81. The van der Waals surface area contributed by atoms with E-state index in [-0.39, 0.29) is 17.1 Å². The van der Waals surface area contributed by atoms with E-state index in [0.717, 1.165) is 52.5 Å². The summed E-state index contributed by atoms with van der Waals surface area (Å²) in [5.74, 6) is 1.36. The van der Waals surface area contributed by atoms with E-state index < -0.39 is 0 Å². The van der Waals surface area contributed by atoms with Crippen LogP contribution in [-0.4, -0.2) is 36.1 Å². The van der Waals surface area contributed by atoms with Crippen LogP contribution in [0.4, 0.5) is 0 Å². The van der Waals surface area contributed by atoms with Crippen molar-refractivity contribution in [2.45, 2.75) is 42.8 Å². The molecule has 29 heavy (non-hydrogen) atoms. The zero-order valence-corrected chi connectivity index (χ0v) is 19.2. The lowest BCUT2D eigenvalue weighted by atomic mass is 9.92. The fourth-order valence-corrected chi connectivity index (χ4v) is 6.40. The summed E-state index contributed by atoms with van der Waals surface area (Å²) in [6.07, 6.45) is 5.03. The lowest BCUT2D eigenvalue weighted by molar-refractivity contribution is 0.0247. The van der Waals surface area contributed by atoms with E-state index in [1.54, 1.807) is 18.9 Å². The van der Waals surface area contributed by atoms with Gasteiger partial charge in [0.05, 0.1) is 30.7 Å². The Hall–Kier alpha value is -0.970. The van der Waals surface area contributed by atoms with Crippen LogP contribution in [0.15, 0.2) is 30.3 Å². The van der Waals surface area contributed by atoms with Crippen molar-refractivity contribution < 1.29 is 19.3 Å². The van der Waals surface area contributed by atoms with Gasteiger partial charge in [0.15, 0.2) is 0 Å². The van der Waals surface area contributed by atoms with Crippen LogP contribution in [0.3, 0.4) is 0 Å². The Morgan fingerprint density at radius 3 is 2.83 bits per heavy atom. The molecule has 1 N–H and O–H groups in total. The van der Waals surface area contributed by atoms with Gasteiger partial charge < -0.3 is 19.3 Å². The molecule has 0 saturated carbocycles. The number of fused-ring (bicyclic) bond motifs is 1. The van der Waals surface area contributed by atoms with E-state index in [1.807, 2.05) is 18.4 Å². The van der Waals surface area contributed by atoms with Gasteiger partial charge >= 0.3 is 0 Å². The molecule has 1 saturated heterocycles. The summed E-state index contributed by atoms with van der Waals surface area (Å²) in [6.45, 7) is 0.692. The summed E-state index contributed by atoms with van der Waals surface area (Å²) in [5, 5.41) is 11.2. The first-order chi connectivity index (χ1) is 14.1. The molecule has 1 fully saturated rings. The second-order valence-corrected chi connectivity index (χ2v) is 10.6. The van der Waals surface area contributed by atoms with Gasteiger partial charge in [0, 0.05) is 17.5 Å². The molecule has 2 aliphatic heterocycles. The maximum atomic E-state index is 10.4. The van der Waals surface area contributed by atoms with Gasteiger partial charge in [-0.15, -0.1) is 11.8 Å². The third-order valence-corrected chi connectivity index (χ3v) is 8.55. The number of aliphatic hydroxyl groups excluding tert-OH is 1. The molecule has 0 amide bonds. The highest BCUT2D eigenvalue weighted by Gasteiger charge is 2.33. The van der Waals surface area contributed by atoms with Crippen LogP contribution in [0, 0.1) is 0 Å². The molecule has 1 unspecified atom stereocenters. The Morgan fingerprint density at radius 2 is 2.10 bits per heavy atom. The lowest BCUT2D eigenvalue weighted by Gasteiger charge is -2.35. The first-order valence-corrected chi connectivity index (χ1v) is 12.6. The SMILES string of the molecule is COc1ccc(Cc2cc([C@H]3C[C@@H](O)P[C@@H](SC)O3)c3c(c2Cl)CCCO3)cc1. The largest absolute Gasteiger partial charge is 0.497 e. The number of benzene rings is 2. The molecule has 7 heteroatoms. The zero-order valence-electron chi connectivity index (χ0n) is 16.6. The number of thioether (sulfide) groups is 1. The van der Waals surface area contributed by atoms with Gasteiger partial charge in [-0.1, -0.05) is 23.7 Å². The Labute approximate surface area is 183 Å². The lowest BCUT2D eigenvalue weighted by Crippen LogP contribution is -2.24. The van der Waals surface area contributed by atoms with E-state index >= 15 is 0 Å². The van der Waals surface area contributed by atoms with Crippen molar-refractivity contribution in [3.05, 3.63) is 57.6 Å². The summed E-state index contributed by atoms with van der Waals surface area (Å²) >= 11 is 8.48. The highest BCUT2D eigenvalue weighted by atomic mass is 35.5. The van der Waals surface area contributed by atoms with Crippen LogP contribution in [-0.2, 0) is 17.6 Å². The van der Waals surface area contributed by atoms with E-state index in [0.29, 0.717) is 21.6 Å². The minimum atomic E-state index is -0.342. The van der Waals surface area contributed by atoms with Gasteiger partial charge in [0.1, 0.15) is 16.7 Å². The van der Waals surface area contributed by atoms with Crippen molar-refractivity contribution in [2.75, 3.05) is 20.0 Å². The number of halogens is 1. The van der Waals surface area contributed by atoms with Crippen LogP contribution in [0.2, 0.25) is 5.02 Å². The molecular weight excluding hydrogens is 427 g/mol. The van der Waals surface area contributed by atoms with Gasteiger partial charge in [-0.05, 0) is 63.4 Å². The highest BCUT2D eigenvalue weighted by molar-refractivity contribution is 8.03. The van der Waals surface area contributed by atoms with Crippen molar-refractivity contribution in [3.63, 3.8) is 0 Å². The quantitative estimate of drug-likeness (QED) is 0.618. The molecule has 2 aromatic rings. The minimum absolute atomic E-state index is 0.0173. The Morgan fingerprint density at radius 1 is 1.31 bits per heavy atom. The molecule has 2 aliphatic rings. The third-order valence-electron chi connectivity index (χ3n) is 5.40. The van der Waals surface area contributed by atoms with Crippen LogP contribution < -0.4 is 9.47 Å². The molecule has 0 aromatic heterocycles. The molecule has 4 rings (SSSR count). The predicted octanol–water partition coefficient (Wildman–Crippen LogP) is 5.37. The van der Waals surface area contributed by atoms with Crippen molar-refractivity contribution in [1.82, 2.24) is 0 Å². The van der Waals surface area contributed by atoms with Gasteiger partial charge in [-0.2, -0.15) is 0 Å². The Kier molecular flexibility index (Phi) is 6.93. The average molecular weight is 453 g/mol. The fraction of sp³-hybridized carbons (Fsp3) is 0.455. The summed E-state index contributed by atoms with van der Waals surface area (Å²) in [5.41, 5.74) is 4.34. The molecule has 2 aromatic carbocycles. The maximum Gasteiger partial charge on any atom is 0.129 e. The van der Waals surface area contributed by atoms with E-state index in [1.165, 1.54) is 5.56 Å². The summed E-state index contributed by atoms with van der Waals surface area (Å²) in [6, 6.07) is 10.2. The van der Waals surface area contributed by atoms with E-state index in [2.05, 4.69) is 18.2 Å². The Bertz CT molecular complexity index is 861. The van der Waals surface area contributed by atoms with Crippen LogP contribution >= 0.6 is 31.9 Å². The number of rotatable bonds is 5. The highest BCUT2D eigenvalue weighted by Crippen LogP contribution is 2.49. The van der Waals surface area contributed by atoms with Gasteiger partial charge in [0.2, 0.25) is 0 Å². The molecule has 0 spiro atoms. The molecule has 4 nitrogen and oxygen atoms in total. The summed E-state index contributed by atoms with van der Waals surface area (Å²) in [7, 11) is 2.06. The molecule has 4 atom stereocenters. The van der Waals surface area contributed by atoms with Crippen molar-refractivity contribution >= 4 is 31.9 Å². The van der Waals surface area contributed by atoms with Gasteiger partial charge in [-0.3, -0.25) is 0 Å². The smallest absolute Gasteiger partial charge is 0.129 e. The second kappa shape index (κ2) is 9.45. The summed E-state index contributed by atoms with van der Waals surface area (Å²) in [4.78, 5) is 0. The average Bonchev–Trinajstić information content (AvgIpc) is 2.75. The zero-order chi connectivity index (χ0) is 20.4. The second-order valence-electron chi connectivity index (χ2n) is 7.33. The van der Waals surface area contributed by atoms with E-state index in [4.69, 9.17) is 25.8 Å². The third kappa shape index (κ3) is 4.70. The molecule has 156 valence electrons. The van der Waals surface area contributed by atoms with Gasteiger partial charge in [0.25, 0.3) is 0 Å². The number of hydrogen-bond donors (Lipinski definition) is 1. The van der Waals surface area contributed by atoms with Gasteiger partial charge in [-0.25, -0.2) is 0 Å². The number of hydrogen-bond acceptors (Lipinski definition) is 5. The summed E-state index contributed by atoms with van der Waals surface area (Å²) < 4.78 is 17.6. The molecule has 0 bridgehead atoms. The minimum Gasteiger partial charge on any atom is -0.497 e. The first kappa shape index (κ1) is 21.3. The number of ether oxygens (including phenoxy) is 3. The number of methoxy groups -OCH3 is 1. The van der Waals surface area contributed by atoms with Crippen molar-refractivity contribution in [3.8, 4) is 11.5 Å². The molecule has 0 aliphatic carbocycles. The topological polar surface area (TPSA) is 47.9 Å². The van der Waals surface area contributed by atoms with Crippen LogP contribution in [0.25, 0.3) is 0 Å². The predicted molar refractivity (Wildman–Crippen MR) is 121 cm³/mol. The fourth-order valence-electron chi connectivity index (χ4n) is 3.93. The van der Waals surface area contributed by atoms with Crippen LogP contribution in [0.5, 0.6) is 11.5 Å². The maximum absolute atomic E-state index is 10.4. The van der Waals surface area contributed by atoms with Crippen molar-refractivity contribution in [2.24, 2.45) is 0 Å². The van der Waals surface area contributed by atoms with Crippen LogP contribution in [0.1, 0.15) is 41.2 Å². The molecular formula is C22H26ClO4PS. The normalized spacial score (nSPS) is 24.8. The monoisotopic (exact) mass is 452 g/mol. The molecule has 0 radical (unpaired) electrons. The van der Waals surface area contributed by atoms with E-state index in [9.17, 15) is 5.11 Å². The number of aliphatic hydroxyl groups is 1. The molecule has 2 heterocycles.